The van der Waals surface area contributed by atoms with Gasteiger partial charge in [0.1, 0.15) is 8.24 Å². The van der Waals surface area contributed by atoms with E-state index >= 15 is 0 Å². The van der Waals surface area contributed by atoms with Crippen LogP contribution in [0, 0.1) is 0 Å². The van der Waals surface area contributed by atoms with E-state index in [1.165, 1.54) is 7.11 Å². The fraction of sp³-hybridized carbons (Fsp3) is 0.941. The van der Waals surface area contributed by atoms with E-state index in [4.69, 9.17) is 4.74 Å². The summed E-state index contributed by atoms with van der Waals surface area (Å²) in [6.45, 7) is 19.9. The lowest BCUT2D eigenvalue weighted by atomic mass is 10.3. The molecule has 0 amide bonds. The summed E-state index contributed by atoms with van der Waals surface area (Å²) < 4.78 is 7.59. The molecule has 0 bridgehead atoms. The van der Waals surface area contributed by atoms with E-state index < -0.39 is 8.24 Å². The van der Waals surface area contributed by atoms with Crippen LogP contribution >= 0.6 is 0 Å². The molecular formula is C17H36N2O2Si. The zero-order chi connectivity index (χ0) is 16.9. The SMILES string of the molecule is COC(=O)CCN1CCN([Si](C(C)C)(C(C)C)C(C)C)CC1. The number of ether oxygens (including phenoxy) is 1. The number of piperazine rings is 1. The van der Waals surface area contributed by atoms with Crippen LogP contribution in [0.1, 0.15) is 48.0 Å². The van der Waals surface area contributed by atoms with Crippen LogP contribution in [-0.4, -0.2) is 63.5 Å². The van der Waals surface area contributed by atoms with Crippen molar-refractivity contribution in [3.05, 3.63) is 0 Å². The fourth-order valence-electron chi connectivity index (χ4n) is 4.81. The third-order valence-corrected chi connectivity index (χ3v) is 12.6. The second-order valence-electron chi connectivity index (χ2n) is 7.51. The minimum Gasteiger partial charge on any atom is -0.469 e. The van der Waals surface area contributed by atoms with Crippen molar-refractivity contribution in [2.24, 2.45) is 0 Å². The number of carbonyl (C=O) groups excluding carboxylic acids is 1. The maximum absolute atomic E-state index is 11.3. The van der Waals surface area contributed by atoms with E-state index in [1.807, 2.05) is 0 Å². The summed E-state index contributed by atoms with van der Waals surface area (Å²) in [7, 11) is -0.0266. The minimum atomic E-state index is -1.49. The molecule has 0 unspecified atom stereocenters. The van der Waals surface area contributed by atoms with E-state index in [2.05, 4.69) is 51.0 Å². The van der Waals surface area contributed by atoms with Gasteiger partial charge in [0.2, 0.25) is 0 Å². The summed E-state index contributed by atoms with van der Waals surface area (Å²) in [6, 6.07) is 0. The third kappa shape index (κ3) is 4.12. The highest BCUT2D eigenvalue weighted by Crippen LogP contribution is 2.44. The van der Waals surface area contributed by atoms with E-state index in [0.717, 1.165) is 49.3 Å². The summed E-state index contributed by atoms with van der Waals surface area (Å²) >= 11 is 0. The lowest BCUT2D eigenvalue weighted by Gasteiger charge is -2.53. The molecule has 0 saturated carbocycles. The molecule has 1 saturated heterocycles. The van der Waals surface area contributed by atoms with Crippen LogP contribution in [0.3, 0.4) is 0 Å². The van der Waals surface area contributed by atoms with Crippen molar-refractivity contribution in [3.8, 4) is 0 Å². The highest BCUT2D eigenvalue weighted by molar-refractivity contribution is 6.81. The van der Waals surface area contributed by atoms with Crippen molar-refractivity contribution >= 4 is 14.2 Å². The molecule has 0 aromatic rings. The van der Waals surface area contributed by atoms with E-state index in [1.54, 1.807) is 0 Å². The highest BCUT2D eigenvalue weighted by Gasteiger charge is 2.48. The number of carbonyl (C=O) groups is 1. The Bertz CT molecular complexity index is 329. The molecule has 0 radical (unpaired) electrons. The van der Waals surface area contributed by atoms with Crippen LogP contribution in [0.2, 0.25) is 16.6 Å². The molecule has 22 heavy (non-hydrogen) atoms. The topological polar surface area (TPSA) is 32.8 Å². The van der Waals surface area contributed by atoms with Crippen molar-refractivity contribution in [2.75, 3.05) is 39.8 Å². The normalized spacial score (nSPS) is 18.5. The monoisotopic (exact) mass is 328 g/mol. The summed E-state index contributed by atoms with van der Waals surface area (Å²) in [5.74, 6) is -0.0994. The van der Waals surface area contributed by atoms with Crippen LogP contribution in [0.15, 0.2) is 0 Å². The first-order chi connectivity index (χ1) is 10.3. The van der Waals surface area contributed by atoms with Gasteiger partial charge in [-0.1, -0.05) is 41.5 Å². The van der Waals surface area contributed by atoms with Gasteiger partial charge in [-0.25, -0.2) is 0 Å². The van der Waals surface area contributed by atoms with Gasteiger partial charge in [0, 0.05) is 32.7 Å². The van der Waals surface area contributed by atoms with Gasteiger partial charge < -0.3 is 14.2 Å². The number of hydrogen-bond acceptors (Lipinski definition) is 4. The average Bonchev–Trinajstić information content (AvgIpc) is 2.45. The van der Waals surface area contributed by atoms with Crippen LogP contribution < -0.4 is 0 Å². The average molecular weight is 329 g/mol. The first-order valence-electron chi connectivity index (χ1n) is 8.80. The predicted octanol–water partition coefficient (Wildman–Crippen LogP) is 3.34. The lowest BCUT2D eigenvalue weighted by Crippen LogP contribution is -2.65. The van der Waals surface area contributed by atoms with Gasteiger partial charge >= 0.3 is 5.97 Å². The molecule has 0 atom stereocenters. The Kier molecular flexibility index (Phi) is 7.55. The lowest BCUT2D eigenvalue weighted by molar-refractivity contribution is -0.141. The number of esters is 1. The molecule has 0 aliphatic carbocycles. The van der Waals surface area contributed by atoms with E-state index in [-0.39, 0.29) is 5.97 Å². The standard InChI is InChI=1S/C17H36N2O2Si/c1-14(2)22(15(3)4,16(5)6)19-12-10-18(11-13-19)9-8-17(20)21-7/h14-16H,8-13H2,1-7H3. The molecule has 0 spiro atoms. The molecule has 1 fully saturated rings. The molecule has 0 aromatic heterocycles. The number of methoxy groups -OCH3 is 1. The molecule has 1 heterocycles. The third-order valence-electron chi connectivity index (χ3n) is 5.55. The number of rotatable bonds is 7. The molecule has 1 rings (SSSR count). The fourth-order valence-corrected chi connectivity index (χ4v) is 12.0. The quantitative estimate of drug-likeness (QED) is 0.530. The second kappa shape index (κ2) is 8.46. The largest absolute Gasteiger partial charge is 0.469 e. The van der Waals surface area contributed by atoms with Gasteiger partial charge in [-0.3, -0.25) is 4.79 Å². The predicted molar refractivity (Wildman–Crippen MR) is 95.7 cm³/mol. The second-order valence-corrected chi connectivity index (χ2v) is 13.4. The van der Waals surface area contributed by atoms with Crippen molar-refractivity contribution < 1.29 is 9.53 Å². The van der Waals surface area contributed by atoms with Gasteiger partial charge in [0.05, 0.1) is 13.5 Å². The first-order valence-corrected chi connectivity index (χ1v) is 11.0. The maximum Gasteiger partial charge on any atom is 0.306 e. The Hall–Kier alpha value is -0.393. The Morgan fingerprint density at radius 2 is 1.41 bits per heavy atom. The number of nitrogens with zero attached hydrogens (tertiary/aromatic N) is 2. The van der Waals surface area contributed by atoms with Gasteiger partial charge in [0.25, 0.3) is 0 Å². The molecule has 4 nitrogen and oxygen atoms in total. The Balaban J connectivity index is 2.69. The molecule has 5 heteroatoms. The van der Waals surface area contributed by atoms with Crippen molar-refractivity contribution in [1.82, 2.24) is 9.47 Å². The first kappa shape index (κ1) is 19.7. The Morgan fingerprint density at radius 1 is 0.955 bits per heavy atom. The van der Waals surface area contributed by atoms with Gasteiger partial charge in [-0.05, 0) is 16.6 Å². The van der Waals surface area contributed by atoms with Crippen molar-refractivity contribution in [1.29, 1.82) is 0 Å². The zero-order valence-electron chi connectivity index (χ0n) is 15.7. The molecule has 130 valence electrons. The van der Waals surface area contributed by atoms with Crippen molar-refractivity contribution in [2.45, 2.75) is 64.6 Å². The molecule has 0 aromatic carbocycles. The van der Waals surface area contributed by atoms with Crippen LogP contribution in [0.5, 0.6) is 0 Å². The van der Waals surface area contributed by atoms with Gasteiger partial charge in [0.15, 0.2) is 0 Å². The van der Waals surface area contributed by atoms with E-state index in [0.29, 0.717) is 6.42 Å². The van der Waals surface area contributed by atoms with Gasteiger partial charge in [-0.2, -0.15) is 0 Å². The summed E-state index contributed by atoms with van der Waals surface area (Å²) in [4.78, 5) is 13.7. The maximum atomic E-state index is 11.3. The molecule has 1 aliphatic rings. The highest BCUT2D eigenvalue weighted by atomic mass is 28.3. The van der Waals surface area contributed by atoms with Crippen LogP contribution in [0.4, 0.5) is 0 Å². The number of hydrogen-bond donors (Lipinski definition) is 0. The summed E-state index contributed by atoms with van der Waals surface area (Å²) in [5.41, 5.74) is 2.32. The zero-order valence-corrected chi connectivity index (χ0v) is 16.7. The summed E-state index contributed by atoms with van der Waals surface area (Å²) in [5, 5.41) is 0. The molecule has 0 N–H and O–H groups in total. The Morgan fingerprint density at radius 3 is 1.77 bits per heavy atom. The molecule has 1 aliphatic heterocycles. The summed E-state index contributed by atoms with van der Waals surface area (Å²) in [6.07, 6.45) is 0.512. The van der Waals surface area contributed by atoms with Gasteiger partial charge in [-0.15, -0.1) is 0 Å². The van der Waals surface area contributed by atoms with Crippen LogP contribution in [0.25, 0.3) is 0 Å². The Labute approximate surface area is 138 Å². The minimum absolute atomic E-state index is 0.0994. The molecular weight excluding hydrogens is 292 g/mol. The van der Waals surface area contributed by atoms with Crippen molar-refractivity contribution in [3.63, 3.8) is 0 Å². The van der Waals surface area contributed by atoms with Crippen LogP contribution in [-0.2, 0) is 9.53 Å². The van der Waals surface area contributed by atoms with E-state index in [9.17, 15) is 4.79 Å². The smallest absolute Gasteiger partial charge is 0.306 e.